The average Bonchev–Trinajstić information content (AvgIpc) is 3.15. The van der Waals surface area contributed by atoms with Gasteiger partial charge in [-0.2, -0.15) is 0 Å². The lowest BCUT2D eigenvalue weighted by atomic mass is 9.86. The van der Waals surface area contributed by atoms with Crippen LogP contribution in [0.5, 0.6) is 5.75 Å². The number of halogens is 1. The van der Waals surface area contributed by atoms with Gasteiger partial charge in [0, 0.05) is 53.8 Å². The van der Waals surface area contributed by atoms with Crippen LogP contribution in [0.1, 0.15) is 30.8 Å². The third-order valence-corrected chi connectivity index (χ3v) is 5.37. The molecular formula is C25H27FN6O3. The van der Waals surface area contributed by atoms with E-state index in [-0.39, 0.29) is 29.1 Å². The number of fused-ring (bicyclic) bond motifs is 1. The van der Waals surface area contributed by atoms with Gasteiger partial charge in [-0.3, -0.25) is 19.6 Å². The first-order chi connectivity index (χ1) is 16.8. The summed E-state index contributed by atoms with van der Waals surface area (Å²) in [6, 6.07) is 8.21. The van der Waals surface area contributed by atoms with E-state index in [0.717, 1.165) is 22.6 Å². The highest BCUT2D eigenvalue weighted by atomic mass is 19.1. The first-order valence-electron chi connectivity index (χ1n) is 10.9. The molecule has 0 radical (unpaired) electrons. The molecule has 35 heavy (non-hydrogen) atoms. The first-order valence-corrected chi connectivity index (χ1v) is 10.9. The van der Waals surface area contributed by atoms with Crippen molar-refractivity contribution in [2.24, 2.45) is 11.5 Å². The van der Waals surface area contributed by atoms with Gasteiger partial charge in [0.15, 0.2) is 0 Å². The second-order valence-corrected chi connectivity index (χ2v) is 8.33. The molecule has 3 aromatic rings. The summed E-state index contributed by atoms with van der Waals surface area (Å²) < 4.78 is 19.4. The van der Waals surface area contributed by atoms with E-state index in [1.54, 1.807) is 12.1 Å². The minimum atomic E-state index is -0.336. The van der Waals surface area contributed by atoms with Crippen molar-refractivity contribution < 1.29 is 18.7 Å². The summed E-state index contributed by atoms with van der Waals surface area (Å²) in [6.45, 7) is 5.11. The minimum Gasteiger partial charge on any atom is -0.490 e. The third kappa shape index (κ3) is 5.97. The van der Waals surface area contributed by atoms with Crippen LogP contribution in [-0.2, 0) is 21.4 Å². The Kier molecular flexibility index (Phi) is 8.08. The molecule has 0 saturated heterocycles. The highest BCUT2D eigenvalue weighted by Crippen LogP contribution is 2.44. The molecule has 1 aromatic carbocycles. The number of carbonyl (C=O) groups excluding carboxylic acids is 2. The molecule has 1 aliphatic rings. The molecule has 182 valence electrons. The lowest BCUT2D eigenvalue weighted by Crippen LogP contribution is -2.27. The molecule has 2 aromatic heterocycles. The number of rotatable bonds is 6. The van der Waals surface area contributed by atoms with Gasteiger partial charge in [-0.1, -0.05) is 13.8 Å². The third-order valence-electron chi connectivity index (χ3n) is 5.37. The molecule has 9 nitrogen and oxygen atoms in total. The zero-order valence-corrected chi connectivity index (χ0v) is 19.5. The van der Waals surface area contributed by atoms with Crippen LogP contribution in [0.3, 0.4) is 0 Å². The summed E-state index contributed by atoms with van der Waals surface area (Å²) in [4.78, 5) is 34.0. The first kappa shape index (κ1) is 25.3. The standard InChI is InChI=1S/C24H24FN5O2.CH3NO/c1-24(2)14-32-22-19(24)11-17(30-21(22)15-3-5-16(25)6-4-15)7-8-29-23(31)18(12-26)20-13-27-9-10-28-20;2-1-3/h3-6,9-13H,7-8,14,26H2,1-2H3,(H,29,31);1H,(H2,2,3)/b18-12+;. The fourth-order valence-electron chi connectivity index (χ4n) is 3.61. The van der Waals surface area contributed by atoms with E-state index in [0.29, 0.717) is 31.0 Å². The van der Waals surface area contributed by atoms with Gasteiger partial charge in [-0.25, -0.2) is 9.37 Å². The molecule has 10 heteroatoms. The number of nitrogens with zero attached hydrogens (tertiary/aromatic N) is 3. The Morgan fingerprint density at radius 1 is 1.23 bits per heavy atom. The van der Waals surface area contributed by atoms with Gasteiger partial charge in [0.25, 0.3) is 5.91 Å². The monoisotopic (exact) mass is 478 g/mol. The fraction of sp³-hybridized carbons (Fsp3) is 0.240. The molecule has 0 atom stereocenters. The Bertz CT molecular complexity index is 1210. The summed E-state index contributed by atoms with van der Waals surface area (Å²) in [7, 11) is 0. The number of ether oxygens (including phenoxy) is 1. The zero-order chi connectivity index (χ0) is 25.4. The number of pyridine rings is 1. The van der Waals surface area contributed by atoms with E-state index in [1.165, 1.54) is 36.9 Å². The molecule has 0 bridgehead atoms. The molecule has 0 unspecified atom stereocenters. The molecule has 2 amide bonds. The number of amides is 2. The van der Waals surface area contributed by atoms with E-state index in [1.807, 2.05) is 6.07 Å². The van der Waals surface area contributed by atoms with E-state index < -0.39 is 0 Å². The quantitative estimate of drug-likeness (QED) is 0.363. The smallest absolute Gasteiger partial charge is 0.255 e. The number of hydrogen-bond acceptors (Lipinski definition) is 7. The average molecular weight is 479 g/mol. The van der Waals surface area contributed by atoms with E-state index in [2.05, 4.69) is 34.9 Å². The van der Waals surface area contributed by atoms with Gasteiger partial charge in [0.05, 0.1) is 24.1 Å². The van der Waals surface area contributed by atoms with Gasteiger partial charge in [0.1, 0.15) is 17.3 Å². The largest absolute Gasteiger partial charge is 0.490 e. The fourth-order valence-corrected chi connectivity index (χ4v) is 3.61. The van der Waals surface area contributed by atoms with Crippen molar-refractivity contribution in [3.05, 3.63) is 77.9 Å². The Balaban J connectivity index is 0.00000108. The van der Waals surface area contributed by atoms with Crippen molar-refractivity contribution in [1.82, 2.24) is 20.3 Å². The van der Waals surface area contributed by atoms with Crippen LogP contribution in [0.4, 0.5) is 4.39 Å². The van der Waals surface area contributed by atoms with Crippen LogP contribution in [0.25, 0.3) is 16.8 Å². The maximum atomic E-state index is 13.4. The van der Waals surface area contributed by atoms with Crippen molar-refractivity contribution in [2.45, 2.75) is 25.7 Å². The van der Waals surface area contributed by atoms with Crippen LogP contribution in [0.15, 0.2) is 55.1 Å². The Hall–Kier alpha value is -4.34. The van der Waals surface area contributed by atoms with Crippen molar-refractivity contribution in [3.8, 4) is 17.0 Å². The summed E-state index contributed by atoms with van der Waals surface area (Å²) in [5, 5.41) is 2.86. The second-order valence-electron chi connectivity index (χ2n) is 8.33. The highest BCUT2D eigenvalue weighted by Gasteiger charge is 2.35. The van der Waals surface area contributed by atoms with E-state index in [9.17, 15) is 9.18 Å². The normalized spacial score (nSPS) is 13.6. The number of hydrogen-bond donors (Lipinski definition) is 3. The van der Waals surface area contributed by atoms with Crippen LogP contribution < -0.4 is 21.5 Å². The Morgan fingerprint density at radius 2 is 1.94 bits per heavy atom. The van der Waals surface area contributed by atoms with Gasteiger partial charge >= 0.3 is 0 Å². The predicted octanol–water partition coefficient (Wildman–Crippen LogP) is 2.11. The van der Waals surface area contributed by atoms with Crippen LogP contribution in [0.2, 0.25) is 0 Å². The number of primary amides is 1. The number of nitrogens with one attached hydrogen (secondary N) is 1. The number of benzene rings is 1. The van der Waals surface area contributed by atoms with E-state index in [4.69, 9.17) is 20.2 Å². The molecule has 0 saturated carbocycles. The zero-order valence-electron chi connectivity index (χ0n) is 19.5. The van der Waals surface area contributed by atoms with Crippen molar-refractivity contribution in [3.63, 3.8) is 0 Å². The summed E-state index contributed by atoms with van der Waals surface area (Å²) >= 11 is 0. The number of nitrogens with two attached hydrogens (primary N) is 2. The van der Waals surface area contributed by atoms with E-state index >= 15 is 0 Å². The second kappa shape index (κ2) is 11.2. The van der Waals surface area contributed by atoms with Gasteiger partial charge in [-0.05, 0) is 30.3 Å². The maximum absolute atomic E-state index is 13.4. The predicted molar refractivity (Wildman–Crippen MR) is 129 cm³/mol. The molecule has 0 aliphatic carbocycles. The SMILES string of the molecule is CC1(C)COc2c1cc(CCNC(=O)/C(=C/N)c1cnccn1)nc2-c1ccc(F)cc1.NC=O. The van der Waals surface area contributed by atoms with Crippen LogP contribution in [-0.4, -0.2) is 40.4 Å². The van der Waals surface area contributed by atoms with Crippen molar-refractivity contribution >= 4 is 17.9 Å². The van der Waals surface area contributed by atoms with Crippen LogP contribution >= 0.6 is 0 Å². The molecule has 4 rings (SSSR count). The highest BCUT2D eigenvalue weighted by molar-refractivity contribution is 6.18. The summed E-state index contributed by atoms with van der Waals surface area (Å²) in [5.74, 6) is 0.0827. The molecule has 3 heterocycles. The topological polar surface area (TPSA) is 146 Å². The molecule has 1 aliphatic heterocycles. The summed E-state index contributed by atoms with van der Waals surface area (Å²) in [5.41, 5.74) is 13.6. The molecule has 0 spiro atoms. The lowest BCUT2D eigenvalue weighted by molar-refractivity contribution is -0.115. The van der Waals surface area contributed by atoms with Crippen LogP contribution in [0, 0.1) is 5.82 Å². The van der Waals surface area contributed by atoms with Gasteiger partial charge in [-0.15, -0.1) is 0 Å². The minimum absolute atomic E-state index is 0.174. The molecule has 5 N–H and O–H groups in total. The number of carbonyl (C=O) groups is 2. The Labute approximate surface area is 202 Å². The maximum Gasteiger partial charge on any atom is 0.255 e. The van der Waals surface area contributed by atoms with Crippen molar-refractivity contribution in [2.75, 3.05) is 13.2 Å². The van der Waals surface area contributed by atoms with Gasteiger partial charge in [0.2, 0.25) is 6.41 Å². The molecule has 0 fully saturated rings. The number of aromatic nitrogens is 3. The van der Waals surface area contributed by atoms with Gasteiger partial charge < -0.3 is 21.5 Å². The summed E-state index contributed by atoms with van der Waals surface area (Å²) in [6.07, 6.45) is 6.48. The molecular weight excluding hydrogens is 451 g/mol. The Morgan fingerprint density at radius 3 is 2.57 bits per heavy atom. The lowest BCUT2D eigenvalue weighted by Gasteiger charge is -2.17. The van der Waals surface area contributed by atoms with Crippen molar-refractivity contribution in [1.29, 1.82) is 0 Å².